The molecule has 0 radical (unpaired) electrons. The highest BCUT2D eigenvalue weighted by Gasteiger charge is 2.19. The molecular weight excluding hydrogens is 395 g/mol. The van der Waals surface area contributed by atoms with Crippen LogP contribution >= 0.6 is 11.6 Å². The molecule has 0 spiro atoms. The number of ether oxygens (including phenoxy) is 1. The molecule has 0 saturated carbocycles. The lowest BCUT2D eigenvalue weighted by atomic mass is 10.1. The Balaban J connectivity index is 1.77. The summed E-state index contributed by atoms with van der Waals surface area (Å²) in [4.78, 5) is 25.5. The fraction of sp³-hybridized carbons (Fsp3) is 0.0435. The summed E-state index contributed by atoms with van der Waals surface area (Å²) >= 11 is 6.01. The molecule has 0 N–H and O–H groups in total. The van der Waals surface area contributed by atoms with Gasteiger partial charge in [-0.05, 0) is 42.5 Å². The Morgan fingerprint density at radius 3 is 2.45 bits per heavy atom. The van der Waals surface area contributed by atoms with Crippen molar-refractivity contribution in [2.45, 2.75) is 0 Å². The second-order valence-electron chi connectivity index (χ2n) is 6.31. The maximum absolute atomic E-state index is 13.1. The highest BCUT2D eigenvalue weighted by molar-refractivity contribution is 6.31. The van der Waals surface area contributed by atoms with Gasteiger partial charge in [0.05, 0.1) is 5.39 Å². The number of rotatable bonds is 5. The van der Waals surface area contributed by atoms with Gasteiger partial charge in [-0.15, -0.1) is 0 Å². The normalized spacial score (nSPS) is 10.8. The zero-order valence-electron chi connectivity index (χ0n) is 15.0. The summed E-state index contributed by atoms with van der Waals surface area (Å²) in [5, 5.41) is 0.631. The summed E-state index contributed by atoms with van der Waals surface area (Å²) in [6.45, 7) is -0.400. The average molecular weight is 409 g/mol. The molecule has 6 heteroatoms. The van der Waals surface area contributed by atoms with E-state index in [1.165, 1.54) is 30.3 Å². The molecule has 144 valence electrons. The number of halogens is 2. The number of hydrogen-bond acceptors (Lipinski definition) is 4. The third-order valence-electron chi connectivity index (χ3n) is 4.36. The van der Waals surface area contributed by atoms with Crippen LogP contribution in [0, 0.1) is 5.82 Å². The summed E-state index contributed by atoms with van der Waals surface area (Å²) < 4.78 is 24.6. The van der Waals surface area contributed by atoms with Gasteiger partial charge in [0.2, 0.25) is 11.2 Å². The molecule has 29 heavy (non-hydrogen) atoms. The highest BCUT2D eigenvalue weighted by atomic mass is 35.5. The van der Waals surface area contributed by atoms with Crippen molar-refractivity contribution in [1.29, 1.82) is 0 Å². The van der Waals surface area contributed by atoms with Crippen LogP contribution in [0.25, 0.3) is 22.3 Å². The maximum atomic E-state index is 13.1. The lowest BCUT2D eigenvalue weighted by Crippen LogP contribution is -2.17. The second kappa shape index (κ2) is 7.89. The molecular formula is C23H14ClFO4. The maximum Gasteiger partial charge on any atom is 0.235 e. The monoisotopic (exact) mass is 408 g/mol. The quantitative estimate of drug-likeness (QED) is 0.408. The predicted molar refractivity (Wildman–Crippen MR) is 109 cm³/mol. The number of carbonyl (C=O) groups is 1. The molecule has 0 bridgehead atoms. The van der Waals surface area contributed by atoms with E-state index in [1.54, 1.807) is 36.4 Å². The van der Waals surface area contributed by atoms with Crippen molar-refractivity contribution in [3.8, 4) is 17.1 Å². The first-order valence-corrected chi connectivity index (χ1v) is 9.14. The fourth-order valence-corrected chi connectivity index (χ4v) is 3.09. The van der Waals surface area contributed by atoms with Crippen LogP contribution in [-0.2, 0) is 0 Å². The van der Waals surface area contributed by atoms with E-state index in [0.29, 0.717) is 16.2 Å². The highest BCUT2D eigenvalue weighted by Crippen LogP contribution is 2.31. The van der Waals surface area contributed by atoms with Crippen LogP contribution < -0.4 is 10.2 Å². The minimum absolute atomic E-state index is 0.0820. The van der Waals surface area contributed by atoms with Crippen molar-refractivity contribution >= 4 is 28.4 Å². The Kier molecular flexibility index (Phi) is 5.14. The summed E-state index contributed by atoms with van der Waals surface area (Å²) in [6.07, 6.45) is 0. The summed E-state index contributed by atoms with van der Waals surface area (Å²) in [5.41, 5.74) is 0.835. The van der Waals surface area contributed by atoms with Gasteiger partial charge in [0.1, 0.15) is 11.4 Å². The van der Waals surface area contributed by atoms with Crippen LogP contribution in [0.4, 0.5) is 4.39 Å². The van der Waals surface area contributed by atoms with Crippen molar-refractivity contribution in [1.82, 2.24) is 0 Å². The number of benzene rings is 3. The van der Waals surface area contributed by atoms with Gasteiger partial charge in [-0.3, -0.25) is 9.59 Å². The van der Waals surface area contributed by atoms with Crippen LogP contribution in [0.5, 0.6) is 5.75 Å². The molecule has 0 saturated heterocycles. The number of Topliss-reactive ketones (excluding diaryl/α,β-unsaturated/α-hetero) is 1. The zero-order chi connectivity index (χ0) is 20.4. The third-order valence-corrected chi connectivity index (χ3v) is 4.60. The van der Waals surface area contributed by atoms with Crippen LogP contribution in [0.3, 0.4) is 0 Å². The van der Waals surface area contributed by atoms with Crippen LogP contribution in [0.15, 0.2) is 82.0 Å². The van der Waals surface area contributed by atoms with Crippen molar-refractivity contribution in [3.63, 3.8) is 0 Å². The summed E-state index contributed by atoms with van der Waals surface area (Å²) in [7, 11) is 0. The standard InChI is InChI=1S/C23H14ClFO4/c24-16-8-11-20-18(12-16)21(27)23(22(29-20)15-4-2-1-3-5-15)28-13-19(26)14-6-9-17(25)10-7-14/h1-12H,13H2. The van der Waals surface area contributed by atoms with Gasteiger partial charge in [0, 0.05) is 16.1 Å². The molecule has 1 aromatic heterocycles. The molecule has 0 fully saturated rings. The molecule has 4 rings (SSSR count). The molecule has 4 aromatic rings. The van der Waals surface area contributed by atoms with Crippen molar-refractivity contribution in [3.05, 3.63) is 99.4 Å². The summed E-state index contributed by atoms with van der Waals surface area (Å²) in [6, 6.07) is 18.8. The van der Waals surface area contributed by atoms with Crippen molar-refractivity contribution < 1.29 is 18.3 Å². The molecule has 0 aliphatic rings. The Morgan fingerprint density at radius 1 is 1.00 bits per heavy atom. The van der Waals surface area contributed by atoms with Gasteiger partial charge in [-0.2, -0.15) is 0 Å². The fourth-order valence-electron chi connectivity index (χ4n) is 2.92. The average Bonchev–Trinajstić information content (AvgIpc) is 2.74. The van der Waals surface area contributed by atoms with Gasteiger partial charge in [0.15, 0.2) is 18.2 Å². The van der Waals surface area contributed by atoms with E-state index in [2.05, 4.69) is 0 Å². The lowest BCUT2D eigenvalue weighted by molar-refractivity contribution is 0.0920. The van der Waals surface area contributed by atoms with Crippen LogP contribution in [0.1, 0.15) is 10.4 Å². The second-order valence-corrected chi connectivity index (χ2v) is 6.75. The summed E-state index contributed by atoms with van der Waals surface area (Å²) in [5.74, 6) is -0.700. The Bertz CT molecular complexity index is 1250. The molecule has 0 aliphatic carbocycles. The Hall–Kier alpha value is -3.44. The van der Waals surface area contributed by atoms with Crippen LogP contribution in [0.2, 0.25) is 5.02 Å². The van der Waals surface area contributed by atoms with Crippen molar-refractivity contribution in [2.75, 3.05) is 6.61 Å². The number of hydrogen-bond donors (Lipinski definition) is 0. The van der Waals surface area contributed by atoms with E-state index in [0.717, 1.165) is 0 Å². The van der Waals surface area contributed by atoms with E-state index in [4.69, 9.17) is 20.8 Å². The van der Waals surface area contributed by atoms with E-state index in [-0.39, 0.29) is 22.5 Å². The molecule has 0 aliphatic heterocycles. The lowest BCUT2D eigenvalue weighted by Gasteiger charge is -2.11. The van der Waals surface area contributed by atoms with Gasteiger partial charge in [-0.1, -0.05) is 41.9 Å². The topological polar surface area (TPSA) is 56.5 Å². The third kappa shape index (κ3) is 3.91. The van der Waals surface area contributed by atoms with E-state index in [1.807, 2.05) is 6.07 Å². The first-order valence-electron chi connectivity index (χ1n) is 8.76. The van der Waals surface area contributed by atoms with Gasteiger partial charge < -0.3 is 9.15 Å². The molecule has 1 heterocycles. The SMILES string of the molecule is O=C(COc1c(-c2ccccc2)oc2ccc(Cl)cc2c1=O)c1ccc(F)cc1. The first kappa shape index (κ1) is 18.9. The first-order chi connectivity index (χ1) is 14.0. The Morgan fingerprint density at radius 2 is 1.72 bits per heavy atom. The van der Waals surface area contributed by atoms with Crippen molar-refractivity contribution in [2.24, 2.45) is 0 Å². The van der Waals surface area contributed by atoms with Gasteiger partial charge in [-0.25, -0.2) is 4.39 Å². The van der Waals surface area contributed by atoms with Gasteiger partial charge >= 0.3 is 0 Å². The predicted octanol–water partition coefficient (Wildman–Crippen LogP) is 5.51. The van der Waals surface area contributed by atoms with Crippen LogP contribution in [-0.4, -0.2) is 12.4 Å². The Labute approximate surface area is 170 Å². The molecule has 0 atom stereocenters. The zero-order valence-corrected chi connectivity index (χ0v) is 15.8. The largest absolute Gasteiger partial charge is 0.478 e. The van der Waals surface area contributed by atoms with E-state index >= 15 is 0 Å². The number of carbonyl (C=O) groups excluding carboxylic acids is 1. The number of fused-ring (bicyclic) bond motifs is 1. The van der Waals surface area contributed by atoms with Gasteiger partial charge in [0.25, 0.3) is 0 Å². The minimum Gasteiger partial charge on any atom is -0.478 e. The smallest absolute Gasteiger partial charge is 0.235 e. The molecule has 0 unspecified atom stereocenters. The molecule has 0 amide bonds. The number of ketones is 1. The molecule has 3 aromatic carbocycles. The van der Waals surface area contributed by atoms with E-state index < -0.39 is 23.6 Å². The molecule has 4 nitrogen and oxygen atoms in total. The van der Waals surface area contributed by atoms with E-state index in [9.17, 15) is 14.0 Å². The minimum atomic E-state index is -0.444.